The van der Waals surface area contributed by atoms with E-state index in [0.717, 1.165) is 25.7 Å². The number of unbranched alkanes of at least 4 members (excludes halogenated alkanes) is 1. The molecule has 6 heteroatoms. The van der Waals surface area contributed by atoms with Crippen molar-refractivity contribution in [3.05, 3.63) is 42.5 Å². The van der Waals surface area contributed by atoms with Gasteiger partial charge < -0.3 is 4.74 Å². The van der Waals surface area contributed by atoms with E-state index in [2.05, 4.69) is 35.5 Å². The Balaban J connectivity index is 1.59. The van der Waals surface area contributed by atoms with Crippen molar-refractivity contribution < 1.29 is 17.9 Å². The minimum Gasteiger partial charge on any atom is -0.469 e. The smallest absolute Gasteiger partial charge is 0.305 e. The van der Waals surface area contributed by atoms with Crippen LogP contribution in [-0.4, -0.2) is 27.5 Å². The number of hydrogen-bond acceptors (Lipinski definition) is 4. The number of fused-ring (bicyclic) bond motifs is 1. The van der Waals surface area contributed by atoms with Crippen LogP contribution in [0.3, 0.4) is 0 Å². The molecule has 0 unspecified atom stereocenters. The molecule has 1 aromatic carbocycles. The number of carbonyl (C=O) groups is 1. The highest BCUT2D eigenvalue weighted by molar-refractivity contribution is 7.89. The largest absolute Gasteiger partial charge is 0.469 e. The predicted molar refractivity (Wildman–Crippen MR) is 109 cm³/mol. The summed E-state index contributed by atoms with van der Waals surface area (Å²) in [7, 11) is -2.09. The molecule has 0 aromatic heterocycles. The summed E-state index contributed by atoms with van der Waals surface area (Å²) in [4.78, 5) is 11.5. The summed E-state index contributed by atoms with van der Waals surface area (Å²) in [5.74, 6) is 1.29. The Kier molecular flexibility index (Phi) is 6.30. The van der Waals surface area contributed by atoms with E-state index in [9.17, 15) is 13.2 Å². The van der Waals surface area contributed by atoms with Crippen molar-refractivity contribution in [1.29, 1.82) is 0 Å². The minimum atomic E-state index is -3.49. The molecule has 0 radical (unpaired) electrons. The van der Waals surface area contributed by atoms with Gasteiger partial charge in [-0.3, -0.25) is 4.79 Å². The van der Waals surface area contributed by atoms with Gasteiger partial charge in [0.25, 0.3) is 0 Å². The van der Waals surface area contributed by atoms with Crippen LogP contribution in [0, 0.1) is 23.2 Å². The molecule has 4 atom stereocenters. The van der Waals surface area contributed by atoms with E-state index in [1.807, 2.05) is 6.07 Å². The number of hydrogen-bond donors (Lipinski definition) is 1. The molecular formula is C22H31NO4S. The van der Waals surface area contributed by atoms with Crippen molar-refractivity contribution in [2.24, 2.45) is 23.2 Å². The van der Waals surface area contributed by atoms with Crippen molar-refractivity contribution >= 4 is 16.0 Å². The zero-order valence-corrected chi connectivity index (χ0v) is 17.7. The van der Waals surface area contributed by atoms with Crippen molar-refractivity contribution in [3.8, 4) is 0 Å². The van der Waals surface area contributed by atoms with E-state index < -0.39 is 10.0 Å². The predicted octanol–water partition coefficient (Wildman–Crippen LogP) is 3.92. The van der Waals surface area contributed by atoms with E-state index in [4.69, 9.17) is 0 Å². The molecule has 2 saturated carbocycles. The van der Waals surface area contributed by atoms with Crippen LogP contribution < -0.4 is 4.72 Å². The summed E-state index contributed by atoms with van der Waals surface area (Å²) in [6.07, 6.45) is 8.07. The Hall–Kier alpha value is -1.66. The molecule has 0 aliphatic heterocycles. The van der Waals surface area contributed by atoms with Gasteiger partial charge in [-0.15, -0.1) is 0 Å². The van der Waals surface area contributed by atoms with Gasteiger partial charge in [-0.1, -0.05) is 44.2 Å². The maximum atomic E-state index is 12.8. The quantitative estimate of drug-likeness (QED) is 0.384. The second-order valence-electron chi connectivity index (χ2n) is 8.57. The van der Waals surface area contributed by atoms with E-state index >= 15 is 0 Å². The fraction of sp³-hybridized carbons (Fsp3) is 0.591. The molecule has 2 fully saturated rings. The van der Waals surface area contributed by atoms with Gasteiger partial charge >= 0.3 is 5.97 Å². The highest BCUT2D eigenvalue weighted by Gasteiger charge is 2.66. The van der Waals surface area contributed by atoms with Gasteiger partial charge in [-0.25, -0.2) is 13.1 Å². The Morgan fingerprint density at radius 3 is 2.64 bits per heavy atom. The molecule has 0 amide bonds. The summed E-state index contributed by atoms with van der Waals surface area (Å²) >= 11 is 0. The third-order valence-electron chi connectivity index (χ3n) is 6.54. The van der Waals surface area contributed by atoms with Crippen LogP contribution in [0.15, 0.2) is 47.4 Å². The topological polar surface area (TPSA) is 72.5 Å². The monoisotopic (exact) mass is 405 g/mol. The number of allylic oxidation sites excluding steroid dienone is 2. The van der Waals surface area contributed by atoms with Gasteiger partial charge in [0.15, 0.2) is 0 Å². The van der Waals surface area contributed by atoms with Gasteiger partial charge in [-0.05, 0) is 61.0 Å². The maximum absolute atomic E-state index is 12.8. The van der Waals surface area contributed by atoms with Gasteiger partial charge in [0.1, 0.15) is 0 Å². The molecule has 1 N–H and O–H groups in total. The number of esters is 1. The zero-order valence-electron chi connectivity index (χ0n) is 16.9. The third kappa shape index (κ3) is 4.49. The first-order valence-electron chi connectivity index (χ1n) is 10.1. The van der Waals surface area contributed by atoms with Crippen LogP contribution >= 0.6 is 0 Å². The molecule has 0 bridgehead atoms. The molecule has 3 rings (SSSR count). The highest BCUT2D eigenvalue weighted by atomic mass is 32.2. The molecule has 2 aliphatic carbocycles. The summed E-state index contributed by atoms with van der Waals surface area (Å²) in [5, 5.41) is 0. The first-order valence-corrected chi connectivity index (χ1v) is 11.5. The lowest BCUT2D eigenvalue weighted by molar-refractivity contribution is -0.140. The number of sulfonamides is 1. The fourth-order valence-corrected chi connectivity index (χ4v) is 6.26. The summed E-state index contributed by atoms with van der Waals surface area (Å²) in [6.45, 7) is 4.58. The molecular weight excluding hydrogens is 374 g/mol. The normalized spacial score (nSPS) is 28.2. The lowest BCUT2D eigenvalue weighted by atomic mass is 9.87. The van der Waals surface area contributed by atoms with Gasteiger partial charge in [0.05, 0.1) is 12.0 Å². The number of benzene rings is 1. The van der Waals surface area contributed by atoms with Crippen LogP contribution in [0.5, 0.6) is 0 Å². The number of methoxy groups -OCH3 is 1. The van der Waals surface area contributed by atoms with E-state index in [0.29, 0.717) is 34.5 Å². The third-order valence-corrected chi connectivity index (χ3v) is 8.05. The van der Waals surface area contributed by atoms with Gasteiger partial charge in [0, 0.05) is 12.5 Å². The molecule has 154 valence electrons. The summed E-state index contributed by atoms with van der Waals surface area (Å²) in [6, 6.07) is 8.57. The molecule has 28 heavy (non-hydrogen) atoms. The van der Waals surface area contributed by atoms with E-state index in [-0.39, 0.29) is 12.0 Å². The van der Waals surface area contributed by atoms with E-state index in [1.54, 1.807) is 24.3 Å². The molecule has 0 heterocycles. The Labute approximate surface area is 168 Å². The molecule has 2 aliphatic rings. The molecule has 5 nitrogen and oxygen atoms in total. The maximum Gasteiger partial charge on any atom is 0.305 e. The number of ether oxygens (including phenoxy) is 1. The zero-order chi connectivity index (χ0) is 20.4. The van der Waals surface area contributed by atoms with E-state index in [1.165, 1.54) is 7.11 Å². The Morgan fingerprint density at radius 2 is 1.96 bits per heavy atom. The molecule has 0 saturated heterocycles. The average Bonchev–Trinajstić information content (AvgIpc) is 3.00. The van der Waals surface area contributed by atoms with Crippen LogP contribution in [0.1, 0.15) is 46.0 Å². The first kappa shape index (κ1) is 21.1. The number of nitrogens with one attached hydrogen (secondary N) is 1. The number of rotatable bonds is 9. The first-order chi connectivity index (χ1) is 13.3. The summed E-state index contributed by atoms with van der Waals surface area (Å²) < 4.78 is 33.1. The molecule has 1 aromatic rings. The van der Waals surface area contributed by atoms with Gasteiger partial charge in [0.2, 0.25) is 10.0 Å². The van der Waals surface area contributed by atoms with Crippen LogP contribution in [0.4, 0.5) is 0 Å². The second kappa shape index (κ2) is 8.37. The van der Waals surface area contributed by atoms with Crippen molar-refractivity contribution in [2.45, 2.75) is 56.9 Å². The van der Waals surface area contributed by atoms with Crippen molar-refractivity contribution in [3.63, 3.8) is 0 Å². The second-order valence-corrected chi connectivity index (χ2v) is 10.3. The summed E-state index contributed by atoms with van der Waals surface area (Å²) in [5.41, 5.74) is 0.304. The van der Waals surface area contributed by atoms with Gasteiger partial charge in [-0.2, -0.15) is 0 Å². The Morgan fingerprint density at radius 1 is 1.25 bits per heavy atom. The van der Waals surface area contributed by atoms with Crippen LogP contribution in [0.25, 0.3) is 0 Å². The fourth-order valence-electron chi connectivity index (χ4n) is 4.94. The van der Waals surface area contributed by atoms with Crippen LogP contribution in [-0.2, 0) is 19.6 Å². The highest BCUT2D eigenvalue weighted by Crippen LogP contribution is 2.69. The lowest BCUT2D eigenvalue weighted by Gasteiger charge is -2.26. The van der Waals surface area contributed by atoms with Crippen molar-refractivity contribution in [1.82, 2.24) is 4.72 Å². The Bertz CT molecular complexity index is 816. The SMILES string of the molecule is COC(=O)CCC/C=C\C[C@H]1[C@H]2[C@@H](C[C@@H]1NS(=O)(=O)c1ccccc1)C2(C)C. The van der Waals surface area contributed by atoms with Crippen LogP contribution in [0.2, 0.25) is 0 Å². The average molecular weight is 406 g/mol. The van der Waals surface area contributed by atoms with Crippen molar-refractivity contribution in [2.75, 3.05) is 7.11 Å². The lowest BCUT2D eigenvalue weighted by Crippen LogP contribution is -2.40. The minimum absolute atomic E-state index is 0.0204. The standard InChI is InChI=1S/C22H31NO4S/c1-22(2)18-15-19(23-28(25,26)16-11-7-6-8-12-16)17(21(18)22)13-9-4-5-10-14-20(24)27-3/h4,6-9,11-12,17-19,21,23H,5,10,13-15H2,1-3H3/b9-4-/t17-,18-,19+,21+/m1/s1. The molecule has 0 spiro atoms. The number of carbonyl (C=O) groups excluding carboxylic acids is 1.